The molecule has 20 heavy (non-hydrogen) atoms. The average Bonchev–Trinajstić information content (AvgIpc) is 2.85. The molecule has 7 nitrogen and oxygen atoms in total. The Morgan fingerprint density at radius 3 is 3.05 bits per heavy atom. The maximum absolute atomic E-state index is 11.7. The number of hydrogen-bond acceptors (Lipinski definition) is 5. The van der Waals surface area contributed by atoms with Crippen molar-refractivity contribution in [2.24, 2.45) is 0 Å². The Kier molecular flexibility index (Phi) is 4.54. The number of anilines is 2. The maximum atomic E-state index is 11.7. The van der Waals surface area contributed by atoms with Gasteiger partial charge in [-0.2, -0.15) is 5.10 Å². The fraction of sp³-hybridized carbons (Fsp3) is 0.308. The molecule has 0 aliphatic carbocycles. The molecule has 2 aromatic rings. The lowest BCUT2D eigenvalue weighted by Gasteiger charge is -2.08. The summed E-state index contributed by atoms with van der Waals surface area (Å²) in [6.07, 6.45) is 4.99. The summed E-state index contributed by atoms with van der Waals surface area (Å²) in [5.74, 6) is -0.170. The van der Waals surface area contributed by atoms with Crippen molar-refractivity contribution in [1.29, 1.82) is 0 Å². The van der Waals surface area contributed by atoms with Crippen LogP contribution >= 0.6 is 0 Å². The smallest absolute Gasteiger partial charge is 0.269 e. The molecule has 0 aliphatic rings. The molecule has 106 valence electrons. The molecule has 0 aliphatic heterocycles. The SMILES string of the molecule is CCNC(=O)c1cc(NCCn2cc(N)cn2)ccn1. The van der Waals surface area contributed by atoms with Gasteiger partial charge in [-0.3, -0.25) is 14.5 Å². The minimum Gasteiger partial charge on any atom is -0.396 e. The molecule has 0 unspecified atom stereocenters. The number of nitrogens with zero attached hydrogens (tertiary/aromatic N) is 3. The number of carbonyl (C=O) groups is 1. The Morgan fingerprint density at radius 2 is 2.35 bits per heavy atom. The lowest BCUT2D eigenvalue weighted by atomic mass is 10.3. The zero-order valence-electron chi connectivity index (χ0n) is 11.3. The zero-order valence-corrected chi connectivity index (χ0v) is 11.3. The number of pyridine rings is 1. The van der Waals surface area contributed by atoms with E-state index >= 15 is 0 Å². The summed E-state index contributed by atoms with van der Waals surface area (Å²) in [7, 11) is 0. The van der Waals surface area contributed by atoms with Gasteiger partial charge in [0.15, 0.2) is 0 Å². The largest absolute Gasteiger partial charge is 0.396 e. The monoisotopic (exact) mass is 274 g/mol. The molecular weight excluding hydrogens is 256 g/mol. The van der Waals surface area contributed by atoms with Crippen molar-refractivity contribution in [1.82, 2.24) is 20.1 Å². The van der Waals surface area contributed by atoms with Crippen molar-refractivity contribution in [3.63, 3.8) is 0 Å². The molecule has 0 fully saturated rings. The molecule has 7 heteroatoms. The highest BCUT2D eigenvalue weighted by atomic mass is 16.1. The van der Waals surface area contributed by atoms with E-state index in [0.29, 0.717) is 31.0 Å². The van der Waals surface area contributed by atoms with E-state index in [-0.39, 0.29) is 5.91 Å². The quantitative estimate of drug-likeness (QED) is 0.721. The maximum Gasteiger partial charge on any atom is 0.269 e. The molecule has 0 saturated carbocycles. The van der Waals surface area contributed by atoms with Crippen molar-refractivity contribution in [2.45, 2.75) is 13.5 Å². The minimum atomic E-state index is -0.170. The van der Waals surface area contributed by atoms with Crippen LogP contribution in [0.2, 0.25) is 0 Å². The molecule has 0 saturated heterocycles. The summed E-state index contributed by atoms with van der Waals surface area (Å²) in [6, 6.07) is 3.54. The molecule has 0 aromatic carbocycles. The van der Waals surface area contributed by atoms with Gasteiger partial charge in [-0.1, -0.05) is 0 Å². The molecule has 1 amide bonds. The molecule has 2 heterocycles. The summed E-state index contributed by atoms with van der Waals surface area (Å²) in [6.45, 7) is 3.82. The Morgan fingerprint density at radius 1 is 1.50 bits per heavy atom. The second-order valence-electron chi connectivity index (χ2n) is 4.25. The third-order valence-electron chi connectivity index (χ3n) is 2.65. The van der Waals surface area contributed by atoms with Crippen LogP contribution in [0.15, 0.2) is 30.7 Å². The third-order valence-corrected chi connectivity index (χ3v) is 2.65. The van der Waals surface area contributed by atoms with E-state index in [4.69, 9.17) is 5.73 Å². The van der Waals surface area contributed by atoms with E-state index in [1.165, 1.54) is 0 Å². The zero-order chi connectivity index (χ0) is 14.4. The number of amides is 1. The van der Waals surface area contributed by atoms with E-state index in [9.17, 15) is 4.79 Å². The lowest BCUT2D eigenvalue weighted by molar-refractivity contribution is 0.0951. The minimum absolute atomic E-state index is 0.170. The Bertz CT molecular complexity index is 580. The summed E-state index contributed by atoms with van der Waals surface area (Å²) in [4.78, 5) is 15.7. The van der Waals surface area contributed by atoms with E-state index in [1.807, 2.05) is 13.0 Å². The molecule has 2 rings (SSSR count). The van der Waals surface area contributed by atoms with E-state index in [2.05, 4.69) is 20.7 Å². The van der Waals surface area contributed by atoms with Gasteiger partial charge in [0, 0.05) is 31.2 Å². The highest BCUT2D eigenvalue weighted by molar-refractivity contribution is 5.93. The molecule has 0 atom stereocenters. The number of carbonyl (C=O) groups excluding carboxylic acids is 1. The van der Waals surface area contributed by atoms with Crippen molar-refractivity contribution >= 4 is 17.3 Å². The molecule has 0 radical (unpaired) electrons. The molecule has 0 spiro atoms. The highest BCUT2D eigenvalue weighted by Gasteiger charge is 2.06. The van der Waals surface area contributed by atoms with Crippen molar-refractivity contribution < 1.29 is 4.79 Å². The topological polar surface area (TPSA) is 97.9 Å². The van der Waals surface area contributed by atoms with Gasteiger partial charge >= 0.3 is 0 Å². The predicted molar refractivity (Wildman–Crippen MR) is 77.4 cm³/mol. The summed E-state index contributed by atoms with van der Waals surface area (Å²) in [5.41, 5.74) is 7.48. The Labute approximate surface area is 117 Å². The first-order chi connectivity index (χ1) is 9.69. The standard InChI is InChI=1S/C13H18N6O/c1-2-15-13(20)12-7-11(3-4-17-12)16-5-6-19-9-10(14)8-18-19/h3-4,7-9H,2,5-6,14H2,1H3,(H,15,20)(H,16,17). The van der Waals surface area contributed by atoms with Gasteiger partial charge in [0.05, 0.1) is 18.4 Å². The summed E-state index contributed by atoms with van der Waals surface area (Å²) in [5, 5.41) is 10.0. The molecular formula is C13H18N6O. The van der Waals surface area contributed by atoms with Crippen LogP contribution in [0.5, 0.6) is 0 Å². The van der Waals surface area contributed by atoms with Crippen LogP contribution in [0.4, 0.5) is 11.4 Å². The van der Waals surface area contributed by atoms with Gasteiger partial charge in [0.2, 0.25) is 0 Å². The number of nitrogens with one attached hydrogen (secondary N) is 2. The van der Waals surface area contributed by atoms with Crippen LogP contribution < -0.4 is 16.4 Å². The fourth-order valence-corrected chi connectivity index (χ4v) is 1.73. The van der Waals surface area contributed by atoms with Crippen LogP contribution in [-0.4, -0.2) is 33.8 Å². The fourth-order valence-electron chi connectivity index (χ4n) is 1.73. The second-order valence-corrected chi connectivity index (χ2v) is 4.25. The Balaban J connectivity index is 1.89. The first kappa shape index (κ1) is 13.9. The number of rotatable bonds is 6. The summed E-state index contributed by atoms with van der Waals surface area (Å²) >= 11 is 0. The summed E-state index contributed by atoms with van der Waals surface area (Å²) < 4.78 is 1.76. The van der Waals surface area contributed by atoms with Gasteiger partial charge in [-0.15, -0.1) is 0 Å². The van der Waals surface area contributed by atoms with Gasteiger partial charge in [0.25, 0.3) is 5.91 Å². The van der Waals surface area contributed by atoms with E-state index < -0.39 is 0 Å². The van der Waals surface area contributed by atoms with Gasteiger partial charge in [0.1, 0.15) is 5.69 Å². The number of nitrogens with two attached hydrogens (primary N) is 1. The van der Waals surface area contributed by atoms with E-state index in [1.54, 1.807) is 29.3 Å². The molecule has 4 N–H and O–H groups in total. The Hall–Kier alpha value is -2.57. The normalized spacial score (nSPS) is 10.2. The van der Waals surface area contributed by atoms with Crippen LogP contribution in [0.3, 0.4) is 0 Å². The van der Waals surface area contributed by atoms with Gasteiger partial charge in [-0.05, 0) is 19.1 Å². The number of aromatic nitrogens is 3. The van der Waals surface area contributed by atoms with Gasteiger partial charge < -0.3 is 16.4 Å². The molecule has 0 bridgehead atoms. The highest BCUT2D eigenvalue weighted by Crippen LogP contribution is 2.08. The first-order valence-electron chi connectivity index (χ1n) is 6.45. The molecule has 2 aromatic heterocycles. The van der Waals surface area contributed by atoms with Crippen LogP contribution in [0.25, 0.3) is 0 Å². The van der Waals surface area contributed by atoms with Crippen molar-refractivity contribution in [3.8, 4) is 0 Å². The number of hydrogen-bond donors (Lipinski definition) is 3. The van der Waals surface area contributed by atoms with Crippen LogP contribution in [0, 0.1) is 0 Å². The second kappa shape index (κ2) is 6.55. The van der Waals surface area contributed by atoms with Crippen molar-refractivity contribution in [2.75, 3.05) is 24.1 Å². The lowest BCUT2D eigenvalue weighted by Crippen LogP contribution is -2.23. The van der Waals surface area contributed by atoms with Gasteiger partial charge in [-0.25, -0.2) is 0 Å². The van der Waals surface area contributed by atoms with Crippen molar-refractivity contribution in [3.05, 3.63) is 36.4 Å². The van der Waals surface area contributed by atoms with E-state index in [0.717, 1.165) is 5.69 Å². The first-order valence-corrected chi connectivity index (χ1v) is 6.45. The predicted octanol–water partition coefficient (Wildman–Crippen LogP) is 0.722. The third kappa shape index (κ3) is 3.71. The number of nitrogen functional groups attached to an aromatic ring is 1. The average molecular weight is 274 g/mol. The van der Waals surface area contributed by atoms with Crippen LogP contribution in [0.1, 0.15) is 17.4 Å². The van der Waals surface area contributed by atoms with Crippen LogP contribution in [-0.2, 0) is 6.54 Å².